The minimum atomic E-state index is -0.939. The Balaban J connectivity index is 1.66. The molecule has 1 N–H and O–H groups in total. The van der Waals surface area contributed by atoms with Crippen LogP contribution in [0.15, 0.2) is 42.5 Å². The zero-order valence-electron chi connectivity index (χ0n) is 22.3. The number of ether oxygens (including phenoxy) is 4. The summed E-state index contributed by atoms with van der Waals surface area (Å²) in [4.78, 5) is 28.6. The van der Waals surface area contributed by atoms with Gasteiger partial charge in [-0.2, -0.15) is 0 Å². The third-order valence-corrected chi connectivity index (χ3v) is 7.01. The van der Waals surface area contributed by atoms with Crippen molar-refractivity contribution < 1.29 is 28.5 Å². The molecular formula is C29H37ClN2O6. The van der Waals surface area contributed by atoms with Crippen LogP contribution in [-0.2, 0) is 9.59 Å². The van der Waals surface area contributed by atoms with Gasteiger partial charge in [0.15, 0.2) is 29.1 Å². The Morgan fingerprint density at radius 3 is 2.50 bits per heavy atom. The summed E-state index contributed by atoms with van der Waals surface area (Å²) in [6, 6.07) is 11.8. The number of hydrogen-bond donors (Lipinski definition) is 1. The number of hydrogen-bond acceptors (Lipinski definition) is 6. The molecule has 1 heterocycles. The third-order valence-electron chi connectivity index (χ3n) is 6.78. The van der Waals surface area contributed by atoms with Gasteiger partial charge in [0.25, 0.3) is 0 Å². The van der Waals surface area contributed by atoms with Gasteiger partial charge in [-0.15, -0.1) is 11.6 Å². The fraction of sp³-hybridized carbons (Fsp3) is 0.517. The highest BCUT2D eigenvalue weighted by atomic mass is 35.5. The molecule has 2 aromatic carbocycles. The van der Waals surface area contributed by atoms with Crippen molar-refractivity contribution in [3.05, 3.63) is 48.0 Å². The first kappa shape index (κ1) is 27.9. The third kappa shape index (κ3) is 6.84. The van der Waals surface area contributed by atoms with Crippen molar-refractivity contribution in [3.63, 3.8) is 0 Å². The first-order valence-electron chi connectivity index (χ1n) is 13.3. The number of benzene rings is 2. The quantitative estimate of drug-likeness (QED) is 0.429. The molecule has 8 nitrogen and oxygen atoms in total. The molecular weight excluding hydrogens is 508 g/mol. The van der Waals surface area contributed by atoms with E-state index in [1.54, 1.807) is 25.3 Å². The summed E-state index contributed by atoms with van der Waals surface area (Å²) in [5.41, 5.74) is 0.599. The largest absolute Gasteiger partial charge is 0.493 e. The monoisotopic (exact) mass is 544 g/mol. The van der Waals surface area contributed by atoms with Crippen molar-refractivity contribution in [2.45, 2.75) is 70.2 Å². The Labute approximate surface area is 229 Å². The normalized spacial score (nSPS) is 18.0. The molecule has 0 saturated heterocycles. The molecule has 1 fully saturated rings. The average Bonchev–Trinajstić information content (AvgIpc) is 2.93. The second-order valence-electron chi connectivity index (χ2n) is 10.0. The van der Waals surface area contributed by atoms with E-state index in [1.165, 1.54) is 11.3 Å². The zero-order chi connectivity index (χ0) is 27.1. The minimum Gasteiger partial charge on any atom is -0.493 e. The smallest absolute Gasteiger partial charge is 0.247 e. The molecule has 4 rings (SSSR count). The van der Waals surface area contributed by atoms with Crippen LogP contribution in [0, 0.1) is 0 Å². The van der Waals surface area contributed by atoms with Crippen LogP contribution >= 0.6 is 11.6 Å². The Morgan fingerprint density at radius 1 is 1.08 bits per heavy atom. The van der Waals surface area contributed by atoms with Gasteiger partial charge in [-0.3, -0.25) is 9.59 Å². The number of halogens is 1. The van der Waals surface area contributed by atoms with E-state index in [-0.39, 0.29) is 43.0 Å². The predicted molar refractivity (Wildman–Crippen MR) is 145 cm³/mol. The van der Waals surface area contributed by atoms with Crippen LogP contribution in [0.2, 0.25) is 0 Å². The fourth-order valence-electron chi connectivity index (χ4n) is 5.01. The van der Waals surface area contributed by atoms with Gasteiger partial charge in [0.1, 0.15) is 18.5 Å². The first-order chi connectivity index (χ1) is 18.4. The Morgan fingerprint density at radius 2 is 1.82 bits per heavy atom. The standard InChI is InChI=1S/C29H37ClN2O6/c1-19(2)37-25-14-13-20(15-26(25)35-3)28(29(34)31-21-9-5-4-6-10-21)32(27(33)16-30)17-22-18-36-23-11-7-8-12-24(23)38-22/h7-8,11-15,19,21-22,28H,4-6,9-10,16-18H2,1-3H3,(H,31,34)/t22-,28+/m1/s1. The van der Waals surface area contributed by atoms with Crippen molar-refractivity contribution in [3.8, 4) is 23.0 Å². The summed E-state index contributed by atoms with van der Waals surface area (Å²) in [7, 11) is 1.55. The second kappa shape index (κ2) is 13.1. The van der Waals surface area contributed by atoms with Crippen LogP contribution in [0.5, 0.6) is 23.0 Å². The van der Waals surface area contributed by atoms with E-state index in [0.29, 0.717) is 28.6 Å². The van der Waals surface area contributed by atoms with Gasteiger partial charge < -0.3 is 29.2 Å². The van der Waals surface area contributed by atoms with Gasteiger partial charge in [-0.1, -0.05) is 37.5 Å². The number of nitrogens with one attached hydrogen (secondary N) is 1. The lowest BCUT2D eigenvalue weighted by molar-refractivity contribution is -0.141. The van der Waals surface area contributed by atoms with Crippen molar-refractivity contribution in [1.82, 2.24) is 10.2 Å². The average molecular weight is 545 g/mol. The summed E-state index contributed by atoms with van der Waals surface area (Å²) >= 11 is 6.07. The van der Waals surface area contributed by atoms with E-state index >= 15 is 0 Å². The van der Waals surface area contributed by atoms with Crippen LogP contribution in [0.1, 0.15) is 57.6 Å². The minimum absolute atomic E-state index is 0.0548. The second-order valence-corrected chi connectivity index (χ2v) is 10.3. The van der Waals surface area contributed by atoms with E-state index in [0.717, 1.165) is 25.7 Å². The van der Waals surface area contributed by atoms with E-state index in [2.05, 4.69) is 5.32 Å². The molecule has 38 heavy (non-hydrogen) atoms. The van der Waals surface area contributed by atoms with Crippen LogP contribution in [0.3, 0.4) is 0 Å². The lowest BCUT2D eigenvalue weighted by Gasteiger charge is -2.36. The molecule has 2 amide bonds. The zero-order valence-corrected chi connectivity index (χ0v) is 23.0. The number of rotatable bonds is 10. The Bertz CT molecular complexity index is 1100. The SMILES string of the molecule is COc1cc([C@@H](C(=O)NC2CCCCC2)N(C[C@@H]2COc3ccccc3O2)C(=O)CCl)ccc1OC(C)C. The molecule has 0 bridgehead atoms. The van der Waals surface area contributed by atoms with Gasteiger partial charge in [0.05, 0.1) is 19.8 Å². The molecule has 206 valence electrons. The molecule has 1 aliphatic heterocycles. The van der Waals surface area contributed by atoms with Crippen molar-refractivity contribution >= 4 is 23.4 Å². The summed E-state index contributed by atoms with van der Waals surface area (Å²) in [6.45, 7) is 4.22. The number of methoxy groups -OCH3 is 1. The van der Waals surface area contributed by atoms with Crippen LogP contribution in [-0.4, -0.2) is 61.1 Å². The van der Waals surface area contributed by atoms with Gasteiger partial charge in [0.2, 0.25) is 11.8 Å². The lowest BCUT2D eigenvalue weighted by Crippen LogP contribution is -2.51. The van der Waals surface area contributed by atoms with E-state index in [4.69, 9.17) is 30.5 Å². The number of carbonyl (C=O) groups excluding carboxylic acids is 2. The molecule has 2 atom stereocenters. The lowest BCUT2D eigenvalue weighted by atomic mass is 9.94. The van der Waals surface area contributed by atoms with Gasteiger partial charge >= 0.3 is 0 Å². The maximum Gasteiger partial charge on any atom is 0.247 e. The molecule has 0 spiro atoms. The Hall–Kier alpha value is -3.13. The summed E-state index contributed by atoms with van der Waals surface area (Å²) < 4.78 is 23.5. The molecule has 0 radical (unpaired) electrons. The molecule has 9 heteroatoms. The van der Waals surface area contributed by atoms with E-state index < -0.39 is 12.1 Å². The number of alkyl halides is 1. The summed E-state index contributed by atoms with van der Waals surface area (Å²) in [5, 5.41) is 3.19. The highest BCUT2D eigenvalue weighted by molar-refractivity contribution is 6.27. The first-order valence-corrected chi connectivity index (χ1v) is 13.8. The van der Waals surface area contributed by atoms with Crippen LogP contribution < -0.4 is 24.3 Å². The van der Waals surface area contributed by atoms with Gasteiger partial charge in [-0.05, 0) is 56.5 Å². The van der Waals surface area contributed by atoms with E-state index in [9.17, 15) is 9.59 Å². The fourth-order valence-corrected chi connectivity index (χ4v) is 5.16. The van der Waals surface area contributed by atoms with Gasteiger partial charge in [-0.25, -0.2) is 0 Å². The maximum atomic E-state index is 13.9. The van der Waals surface area contributed by atoms with Crippen molar-refractivity contribution in [2.75, 3.05) is 26.1 Å². The van der Waals surface area contributed by atoms with Crippen LogP contribution in [0.4, 0.5) is 0 Å². The number of amides is 2. The maximum absolute atomic E-state index is 13.9. The number of fused-ring (bicyclic) bond motifs is 1. The number of para-hydroxylation sites is 2. The summed E-state index contributed by atoms with van der Waals surface area (Å²) in [5.74, 6) is 1.39. The predicted octanol–water partition coefficient (Wildman–Crippen LogP) is 4.88. The topological polar surface area (TPSA) is 86.3 Å². The molecule has 0 aromatic heterocycles. The van der Waals surface area contributed by atoms with Crippen LogP contribution in [0.25, 0.3) is 0 Å². The molecule has 1 saturated carbocycles. The molecule has 2 aromatic rings. The number of nitrogens with zero attached hydrogens (tertiary/aromatic N) is 1. The molecule has 2 aliphatic rings. The van der Waals surface area contributed by atoms with E-state index in [1.807, 2.05) is 38.1 Å². The highest BCUT2D eigenvalue weighted by Gasteiger charge is 2.36. The summed E-state index contributed by atoms with van der Waals surface area (Å²) in [6.07, 6.45) is 4.62. The molecule has 0 unspecified atom stereocenters. The van der Waals surface area contributed by atoms with Crippen molar-refractivity contribution in [2.24, 2.45) is 0 Å². The highest BCUT2D eigenvalue weighted by Crippen LogP contribution is 2.35. The Kier molecular flexibility index (Phi) is 9.61. The molecule has 1 aliphatic carbocycles. The van der Waals surface area contributed by atoms with Crippen molar-refractivity contribution in [1.29, 1.82) is 0 Å². The number of carbonyl (C=O) groups is 2. The van der Waals surface area contributed by atoms with Gasteiger partial charge in [0, 0.05) is 6.04 Å².